The van der Waals surface area contributed by atoms with E-state index in [2.05, 4.69) is 6.92 Å². The third-order valence-electron chi connectivity index (χ3n) is 3.93. The molecule has 1 aliphatic rings. The molecule has 0 aliphatic carbocycles. The highest BCUT2D eigenvalue weighted by Gasteiger charge is 2.36. The fourth-order valence-corrected chi connectivity index (χ4v) is 2.70. The molecule has 1 aromatic rings. The first-order valence-corrected chi connectivity index (χ1v) is 7.85. The second-order valence-electron chi connectivity index (χ2n) is 5.70. The summed E-state index contributed by atoms with van der Waals surface area (Å²) in [6, 6.07) is 7.54. The van der Waals surface area contributed by atoms with Crippen LogP contribution in [0.1, 0.15) is 31.7 Å². The maximum Gasteiger partial charge on any atom is 0.323 e. The van der Waals surface area contributed by atoms with E-state index in [-0.39, 0.29) is 12.0 Å². The molecule has 1 aromatic carbocycles. The van der Waals surface area contributed by atoms with E-state index in [4.69, 9.17) is 9.47 Å². The molecule has 0 amide bonds. The van der Waals surface area contributed by atoms with Crippen molar-refractivity contribution in [3.63, 3.8) is 0 Å². The van der Waals surface area contributed by atoms with Crippen LogP contribution in [0.5, 0.6) is 5.75 Å². The van der Waals surface area contributed by atoms with Gasteiger partial charge in [-0.1, -0.05) is 25.5 Å². The van der Waals surface area contributed by atoms with E-state index in [0.717, 1.165) is 30.8 Å². The van der Waals surface area contributed by atoms with Gasteiger partial charge in [0.1, 0.15) is 11.8 Å². The molecule has 0 saturated carbocycles. The first-order chi connectivity index (χ1) is 10.6. The van der Waals surface area contributed by atoms with Crippen LogP contribution in [0.25, 0.3) is 0 Å². The van der Waals surface area contributed by atoms with Gasteiger partial charge in [-0.15, -0.1) is 0 Å². The lowest BCUT2D eigenvalue weighted by atomic mass is 10.1. The van der Waals surface area contributed by atoms with Crippen molar-refractivity contribution in [2.45, 2.75) is 44.9 Å². The number of carbonyl (C=O) groups is 1. The predicted molar refractivity (Wildman–Crippen MR) is 83.7 cm³/mol. The van der Waals surface area contributed by atoms with E-state index in [1.807, 2.05) is 29.2 Å². The molecule has 22 heavy (non-hydrogen) atoms. The van der Waals surface area contributed by atoms with E-state index in [0.29, 0.717) is 19.5 Å². The summed E-state index contributed by atoms with van der Waals surface area (Å²) in [6.45, 7) is 3.98. The van der Waals surface area contributed by atoms with Gasteiger partial charge in [0.2, 0.25) is 0 Å². The number of aliphatic hydroxyl groups excluding tert-OH is 1. The van der Waals surface area contributed by atoms with Crippen LogP contribution < -0.4 is 4.74 Å². The summed E-state index contributed by atoms with van der Waals surface area (Å²) in [6.07, 6.45) is 2.13. The number of ether oxygens (including phenoxy) is 2. The molecule has 1 heterocycles. The number of benzene rings is 1. The minimum absolute atomic E-state index is 0.281. The number of aliphatic hydroxyl groups is 1. The van der Waals surface area contributed by atoms with Crippen molar-refractivity contribution < 1.29 is 19.4 Å². The molecule has 122 valence electrons. The van der Waals surface area contributed by atoms with Crippen molar-refractivity contribution in [3.05, 3.63) is 29.8 Å². The third kappa shape index (κ3) is 4.45. The number of nitrogens with zero attached hydrogens (tertiary/aromatic N) is 1. The summed E-state index contributed by atoms with van der Waals surface area (Å²) < 4.78 is 10.5. The van der Waals surface area contributed by atoms with Crippen LogP contribution >= 0.6 is 0 Å². The monoisotopic (exact) mass is 307 g/mol. The number of esters is 1. The molecule has 1 saturated heterocycles. The van der Waals surface area contributed by atoms with Crippen LogP contribution in [0.2, 0.25) is 0 Å². The number of methoxy groups -OCH3 is 1. The highest BCUT2D eigenvalue weighted by molar-refractivity contribution is 5.76. The molecular weight excluding hydrogens is 282 g/mol. The van der Waals surface area contributed by atoms with Crippen molar-refractivity contribution in [2.75, 3.05) is 20.3 Å². The van der Waals surface area contributed by atoms with Crippen molar-refractivity contribution in [1.29, 1.82) is 0 Å². The molecule has 1 fully saturated rings. The second-order valence-corrected chi connectivity index (χ2v) is 5.70. The Morgan fingerprint density at radius 2 is 2.09 bits per heavy atom. The van der Waals surface area contributed by atoms with Crippen LogP contribution in [0.3, 0.4) is 0 Å². The lowest BCUT2D eigenvalue weighted by Crippen LogP contribution is -2.36. The van der Waals surface area contributed by atoms with Gasteiger partial charge in [-0.3, -0.25) is 9.69 Å². The van der Waals surface area contributed by atoms with Crippen molar-refractivity contribution in [3.8, 4) is 5.75 Å². The molecule has 2 atom stereocenters. The van der Waals surface area contributed by atoms with Crippen LogP contribution in [-0.2, 0) is 16.1 Å². The van der Waals surface area contributed by atoms with Gasteiger partial charge < -0.3 is 14.6 Å². The minimum Gasteiger partial charge on any atom is -0.494 e. The Bertz CT molecular complexity index is 474. The summed E-state index contributed by atoms with van der Waals surface area (Å²) in [5.74, 6) is 0.583. The summed E-state index contributed by atoms with van der Waals surface area (Å²) in [5.41, 5.74) is 1.09. The van der Waals surface area contributed by atoms with E-state index < -0.39 is 6.10 Å². The molecule has 5 nitrogen and oxygen atoms in total. The largest absolute Gasteiger partial charge is 0.494 e. The van der Waals surface area contributed by atoms with Crippen molar-refractivity contribution >= 4 is 5.97 Å². The molecule has 2 rings (SSSR count). The Morgan fingerprint density at radius 1 is 1.36 bits per heavy atom. The first kappa shape index (κ1) is 16.8. The summed E-state index contributed by atoms with van der Waals surface area (Å²) in [4.78, 5) is 13.7. The fourth-order valence-electron chi connectivity index (χ4n) is 2.70. The van der Waals surface area contributed by atoms with Crippen molar-refractivity contribution in [1.82, 2.24) is 4.90 Å². The Balaban J connectivity index is 1.93. The molecule has 0 bridgehead atoms. The first-order valence-electron chi connectivity index (χ1n) is 7.85. The molecule has 0 aromatic heterocycles. The average molecular weight is 307 g/mol. The minimum atomic E-state index is -0.472. The third-order valence-corrected chi connectivity index (χ3v) is 3.93. The zero-order valence-electron chi connectivity index (χ0n) is 13.3. The van der Waals surface area contributed by atoms with Gasteiger partial charge in [-0.25, -0.2) is 0 Å². The van der Waals surface area contributed by atoms with E-state index in [1.54, 1.807) is 0 Å². The Morgan fingerprint density at radius 3 is 2.73 bits per heavy atom. The van der Waals surface area contributed by atoms with Gasteiger partial charge in [-0.05, 0) is 24.1 Å². The Labute approximate surface area is 131 Å². The number of likely N-dealkylation sites (tertiary alicyclic amines) is 1. The highest BCUT2D eigenvalue weighted by atomic mass is 16.5. The van der Waals surface area contributed by atoms with Gasteiger partial charge in [0, 0.05) is 19.5 Å². The maximum absolute atomic E-state index is 11.8. The van der Waals surface area contributed by atoms with Gasteiger partial charge in [0.25, 0.3) is 0 Å². The summed E-state index contributed by atoms with van der Waals surface area (Å²) >= 11 is 0. The molecule has 1 unspecified atom stereocenters. The number of rotatable bonds is 7. The standard InChI is InChI=1S/C17H25NO4/c1-3-4-9-22-15-7-5-13(6-8-15)11-18-12-14(19)10-16(18)17(20)21-2/h5-8,14,16,19H,3-4,9-12H2,1-2H3/t14?,16-/m1/s1. The van der Waals surface area contributed by atoms with Gasteiger partial charge in [0.05, 0.1) is 19.8 Å². The highest BCUT2D eigenvalue weighted by Crippen LogP contribution is 2.22. The Kier molecular flexibility index (Phi) is 6.21. The number of hydrogen-bond donors (Lipinski definition) is 1. The van der Waals surface area contributed by atoms with Crippen LogP contribution in [0.4, 0.5) is 0 Å². The molecule has 0 radical (unpaired) electrons. The number of hydrogen-bond acceptors (Lipinski definition) is 5. The smallest absolute Gasteiger partial charge is 0.323 e. The van der Waals surface area contributed by atoms with E-state index >= 15 is 0 Å². The van der Waals surface area contributed by atoms with Gasteiger partial charge in [0.15, 0.2) is 0 Å². The molecule has 1 N–H and O–H groups in total. The van der Waals surface area contributed by atoms with Crippen molar-refractivity contribution in [2.24, 2.45) is 0 Å². The van der Waals surface area contributed by atoms with Crippen LogP contribution in [-0.4, -0.2) is 48.4 Å². The lowest BCUT2D eigenvalue weighted by Gasteiger charge is -2.22. The van der Waals surface area contributed by atoms with Crippen LogP contribution in [0.15, 0.2) is 24.3 Å². The normalized spacial score (nSPS) is 21.8. The SMILES string of the molecule is CCCCOc1ccc(CN2CC(O)C[C@@H]2C(=O)OC)cc1. The second kappa shape index (κ2) is 8.15. The predicted octanol–water partition coefficient (Wildman–Crippen LogP) is 1.97. The number of unbranched alkanes of at least 4 members (excludes halogenated alkanes) is 1. The zero-order valence-corrected chi connectivity index (χ0v) is 13.3. The fraction of sp³-hybridized carbons (Fsp3) is 0.588. The summed E-state index contributed by atoms with van der Waals surface area (Å²) in [5, 5.41) is 9.79. The lowest BCUT2D eigenvalue weighted by molar-refractivity contribution is -0.146. The molecule has 1 aliphatic heterocycles. The average Bonchev–Trinajstić information content (AvgIpc) is 2.89. The number of β-amino-alcohol motifs (C(OH)–C–C–N with tert-alkyl or cyclic N) is 1. The molecular formula is C17H25NO4. The maximum atomic E-state index is 11.8. The summed E-state index contributed by atoms with van der Waals surface area (Å²) in [7, 11) is 1.38. The van der Waals surface area contributed by atoms with Crippen LogP contribution in [0, 0.1) is 0 Å². The topological polar surface area (TPSA) is 59.0 Å². The number of carbonyl (C=O) groups excluding carboxylic acids is 1. The van der Waals surface area contributed by atoms with E-state index in [9.17, 15) is 9.90 Å². The van der Waals surface area contributed by atoms with E-state index in [1.165, 1.54) is 7.11 Å². The van der Waals surface area contributed by atoms with Gasteiger partial charge in [-0.2, -0.15) is 0 Å². The quantitative estimate of drug-likeness (QED) is 0.616. The van der Waals surface area contributed by atoms with Gasteiger partial charge >= 0.3 is 5.97 Å². The molecule has 5 heteroatoms. The zero-order chi connectivity index (χ0) is 15.9. The molecule has 0 spiro atoms. The Hall–Kier alpha value is -1.59.